The summed E-state index contributed by atoms with van der Waals surface area (Å²) in [5, 5.41) is 0. The standard InChI is InChI=1S/C15H31NO/c1-15(2,17-3)12-11-14(16)10-9-13-7-5-4-6-8-13/h13-14H,4-12,16H2,1-3H3. The van der Waals surface area contributed by atoms with Crippen molar-refractivity contribution in [1.29, 1.82) is 0 Å². The average Bonchev–Trinajstić information content (AvgIpc) is 2.35. The van der Waals surface area contributed by atoms with Gasteiger partial charge in [0.25, 0.3) is 0 Å². The van der Waals surface area contributed by atoms with Crippen molar-refractivity contribution in [3.8, 4) is 0 Å². The Morgan fingerprint density at radius 2 is 1.82 bits per heavy atom. The van der Waals surface area contributed by atoms with Gasteiger partial charge in [-0.2, -0.15) is 0 Å². The molecule has 0 spiro atoms. The van der Waals surface area contributed by atoms with Gasteiger partial charge in [0.2, 0.25) is 0 Å². The van der Waals surface area contributed by atoms with Gasteiger partial charge < -0.3 is 10.5 Å². The van der Waals surface area contributed by atoms with Crippen molar-refractivity contribution in [3.05, 3.63) is 0 Å². The van der Waals surface area contributed by atoms with Crippen molar-refractivity contribution in [2.24, 2.45) is 11.7 Å². The van der Waals surface area contributed by atoms with E-state index in [0.717, 1.165) is 18.8 Å². The SMILES string of the molecule is COC(C)(C)CCC(N)CCC1CCCCC1. The smallest absolute Gasteiger partial charge is 0.0623 e. The molecule has 0 aromatic carbocycles. The summed E-state index contributed by atoms with van der Waals surface area (Å²) in [5.41, 5.74) is 6.19. The van der Waals surface area contributed by atoms with Crippen LogP contribution in [0.15, 0.2) is 0 Å². The van der Waals surface area contributed by atoms with Gasteiger partial charge in [-0.05, 0) is 45.4 Å². The van der Waals surface area contributed by atoms with Crippen LogP contribution in [-0.4, -0.2) is 18.8 Å². The summed E-state index contributed by atoms with van der Waals surface area (Å²) in [6, 6.07) is 0.367. The van der Waals surface area contributed by atoms with Crippen molar-refractivity contribution < 1.29 is 4.74 Å². The summed E-state index contributed by atoms with van der Waals surface area (Å²) >= 11 is 0. The molecule has 1 unspecified atom stereocenters. The lowest BCUT2D eigenvalue weighted by atomic mass is 9.84. The Balaban J connectivity index is 2.10. The fourth-order valence-electron chi connectivity index (χ4n) is 2.70. The summed E-state index contributed by atoms with van der Waals surface area (Å²) in [5.74, 6) is 0.963. The van der Waals surface area contributed by atoms with Crippen molar-refractivity contribution in [2.75, 3.05) is 7.11 Å². The van der Waals surface area contributed by atoms with Crippen LogP contribution in [0.3, 0.4) is 0 Å². The van der Waals surface area contributed by atoms with Gasteiger partial charge in [0, 0.05) is 13.2 Å². The fraction of sp³-hybridized carbons (Fsp3) is 1.00. The molecular weight excluding hydrogens is 210 g/mol. The Morgan fingerprint density at radius 1 is 1.18 bits per heavy atom. The predicted octanol–water partition coefficient (Wildman–Crippen LogP) is 3.88. The molecule has 2 nitrogen and oxygen atoms in total. The van der Waals surface area contributed by atoms with E-state index in [9.17, 15) is 0 Å². The lowest BCUT2D eigenvalue weighted by Gasteiger charge is -2.26. The van der Waals surface area contributed by atoms with E-state index < -0.39 is 0 Å². The second kappa shape index (κ2) is 7.38. The highest BCUT2D eigenvalue weighted by atomic mass is 16.5. The molecule has 0 amide bonds. The molecule has 102 valence electrons. The molecule has 0 heterocycles. The molecule has 1 fully saturated rings. The Bertz CT molecular complexity index is 197. The zero-order valence-corrected chi connectivity index (χ0v) is 12.0. The first kappa shape index (κ1) is 15.0. The van der Waals surface area contributed by atoms with Gasteiger partial charge in [-0.3, -0.25) is 0 Å². The minimum Gasteiger partial charge on any atom is -0.379 e. The van der Waals surface area contributed by atoms with E-state index in [1.54, 1.807) is 7.11 Å². The van der Waals surface area contributed by atoms with Gasteiger partial charge in [-0.25, -0.2) is 0 Å². The molecule has 2 heteroatoms. The van der Waals surface area contributed by atoms with Gasteiger partial charge in [-0.15, -0.1) is 0 Å². The van der Waals surface area contributed by atoms with Gasteiger partial charge in [0.05, 0.1) is 5.60 Å². The maximum atomic E-state index is 6.20. The monoisotopic (exact) mass is 241 g/mol. The maximum absolute atomic E-state index is 6.20. The van der Waals surface area contributed by atoms with Crippen LogP contribution >= 0.6 is 0 Å². The molecule has 1 atom stereocenters. The molecule has 2 N–H and O–H groups in total. The van der Waals surface area contributed by atoms with E-state index in [4.69, 9.17) is 10.5 Å². The van der Waals surface area contributed by atoms with Crippen LogP contribution in [0.4, 0.5) is 0 Å². The minimum atomic E-state index is -0.0114. The summed E-state index contributed by atoms with van der Waals surface area (Å²) in [6.45, 7) is 4.28. The van der Waals surface area contributed by atoms with E-state index in [-0.39, 0.29) is 5.60 Å². The third-order valence-electron chi connectivity index (χ3n) is 4.34. The number of hydrogen-bond acceptors (Lipinski definition) is 2. The molecule has 1 aliphatic carbocycles. The second-order valence-electron chi connectivity index (χ2n) is 6.34. The van der Waals surface area contributed by atoms with E-state index in [2.05, 4.69) is 13.8 Å². The Kier molecular flexibility index (Phi) is 6.50. The van der Waals surface area contributed by atoms with Gasteiger partial charge in [0.15, 0.2) is 0 Å². The summed E-state index contributed by atoms with van der Waals surface area (Å²) in [7, 11) is 1.79. The molecule has 1 saturated carbocycles. The summed E-state index contributed by atoms with van der Waals surface area (Å²) < 4.78 is 5.43. The topological polar surface area (TPSA) is 35.2 Å². The van der Waals surface area contributed by atoms with E-state index in [1.807, 2.05) is 0 Å². The first-order valence-electron chi connectivity index (χ1n) is 7.34. The van der Waals surface area contributed by atoms with Crippen LogP contribution in [0.25, 0.3) is 0 Å². The summed E-state index contributed by atoms with van der Waals surface area (Å²) in [6.07, 6.45) is 11.9. The number of methoxy groups -OCH3 is 1. The van der Waals surface area contributed by atoms with Gasteiger partial charge in [-0.1, -0.05) is 32.1 Å². The normalized spacial score (nSPS) is 20.5. The van der Waals surface area contributed by atoms with Crippen LogP contribution in [0.2, 0.25) is 0 Å². The lowest BCUT2D eigenvalue weighted by molar-refractivity contribution is 0.0122. The Morgan fingerprint density at radius 3 is 2.41 bits per heavy atom. The molecule has 0 radical (unpaired) electrons. The second-order valence-corrected chi connectivity index (χ2v) is 6.34. The van der Waals surface area contributed by atoms with Crippen molar-refractivity contribution in [3.63, 3.8) is 0 Å². The molecule has 17 heavy (non-hydrogen) atoms. The number of hydrogen-bond donors (Lipinski definition) is 1. The van der Waals surface area contributed by atoms with Crippen LogP contribution in [0.5, 0.6) is 0 Å². The lowest BCUT2D eigenvalue weighted by Crippen LogP contribution is -2.28. The van der Waals surface area contributed by atoms with Crippen LogP contribution in [0.1, 0.15) is 71.6 Å². The third kappa shape index (κ3) is 6.42. The molecule has 0 aromatic heterocycles. The zero-order valence-electron chi connectivity index (χ0n) is 12.0. The van der Waals surface area contributed by atoms with E-state index in [1.165, 1.54) is 44.9 Å². The van der Waals surface area contributed by atoms with Crippen LogP contribution < -0.4 is 5.73 Å². The molecular formula is C15H31NO. The predicted molar refractivity (Wildman–Crippen MR) is 74.1 cm³/mol. The molecule has 0 bridgehead atoms. The molecule has 1 aliphatic rings. The van der Waals surface area contributed by atoms with Crippen molar-refractivity contribution >= 4 is 0 Å². The number of nitrogens with two attached hydrogens (primary N) is 1. The quantitative estimate of drug-likeness (QED) is 0.734. The molecule has 0 aliphatic heterocycles. The minimum absolute atomic E-state index is 0.0114. The number of rotatable bonds is 7. The van der Waals surface area contributed by atoms with E-state index >= 15 is 0 Å². The largest absolute Gasteiger partial charge is 0.379 e. The van der Waals surface area contributed by atoms with Crippen molar-refractivity contribution in [1.82, 2.24) is 0 Å². The molecule has 0 saturated heterocycles. The highest BCUT2D eigenvalue weighted by Gasteiger charge is 2.19. The van der Waals surface area contributed by atoms with Crippen LogP contribution in [0, 0.1) is 5.92 Å². The number of ether oxygens (including phenoxy) is 1. The fourth-order valence-corrected chi connectivity index (χ4v) is 2.70. The summed E-state index contributed by atoms with van der Waals surface area (Å²) in [4.78, 5) is 0. The van der Waals surface area contributed by atoms with Gasteiger partial charge >= 0.3 is 0 Å². The zero-order chi connectivity index (χ0) is 12.7. The maximum Gasteiger partial charge on any atom is 0.0623 e. The molecule has 0 aromatic rings. The average molecular weight is 241 g/mol. The van der Waals surface area contributed by atoms with Crippen molar-refractivity contribution in [2.45, 2.75) is 83.3 Å². The highest BCUT2D eigenvalue weighted by molar-refractivity contribution is 4.74. The van der Waals surface area contributed by atoms with Crippen LogP contribution in [-0.2, 0) is 4.74 Å². The highest BCUT2D eigenvalue weighted by Crippen LogP contribution is 2.28. The Labute approximate surface area is 107 Å². The van der Waals surface area contributed by atoms with E-state index in [0.29, 0.717) is 6.04 Å². The third-order valence-corrected chi connectivity index (χ3v) is 4.34. The first-order chi connectivity index (χ1) is 8.03. The first-order valence-corrected chi connectivity index (χ1v) is 7.34. The van der Waals surface area contributed by atoms with Gasteiger partial charge in [0.1, 0.15) is 0 Å². The molecule has 1 rings (SSSR count). The Hall–Kier alpha value is -0.0800.